The van der Waals surface area contributed by atoms with Gasteiger partial charge in [-0.1, -0.05) is 22.0 Å². The van der Waals surface area contributed by atoms with E-state index < -0.39 is 0 Å². The molecule has 1 unspecified atom stereocenters. The van der Waals surface area contributed by atoms with Gasteiger partial charge >= 0.3 is 0 Å². The Balaban J connectivity index is 2.27. The summed E-state index contributed by atoms with van der Waals surface area (Å²) < 4.78 is 6.36. The van der Waals surface area contributed by atoms with Crippen LogP contribution in [0, 0.1) is 0 Å². The molecular weight excluding hydrogens is 254 g/mol. The molecule has 3 heteroatoms. The third kappa shape index (κ3) is 2.60. The maximum atomic E-state index is 5.23. The minimum absolute atomic E-state index is 0.517. The standard InChI is InChI=1S/C12H16BrNO/c1-15-8-9-7-10(13)4-5-11(9)12-3-2-6-14-12/h4-5,7,12,14H,2-3,6,8H2,1H3. The summed E-state index contributed by atoms with van der Waals surface area (Å²) in [6, 6.07) is 6.97. The van der Waals surface area contributed by atoms with Crippen LogP contribution in [0.3, 0.4) is 0 Å². The van der Waals surface area contributed by atoms with Crippen LogP contribution in [0.5, 0.6) is 0 Å². The molecule has 1 aromatic rings. The Hall–Kier alpha value is -0.380. The summed E-state index contributed by atoms with van der Waals surface area (Å²) in [5.74, 6) is 0. The second-order valence-electron chi connectivity index (χ2n) is 3.93. The molecule has 1 aliphatic rings. The van der Waals surface area contributed by atoms with Crippen LogP contribution in [0.1, 0.15) is 30.0 Å². The van der Waals surface area contributed by atoms with Crippen LogP contribution in [-0.2, 0) is 11.3 Å². The van der Waals surface area contributed by atoms with Crippen molar-refractivity contribution in [3.05, 3.63) is 33.8 Å². The second kappa shape index (κ2) is 5.10. The largest absolute Gasteiger partial charge is 0.380 e. The summed E-state index contributed by atoms with van der Waals surface area (Å²) in [6.45, 7) is 1.82. The number of halogens is 1. The molecule has 0 aromatic heterocycles. The minimum Gasteiger partial charge on any atom is -0.380 e. The minimum atomic E-state index is 0.517. The molecule has 0 spiro atoms. The highest BCUT2D eigenvalue weighted by Gasteiger charge is 2.18. The number of hydrogen-bond acceptors (Lipinski definition) is 2. The maximum absolute atomic E-state index is 5.23. The predicted molar refractivity (Wildman–Crippen MR) is 64.8 cm³/mol. The maximum Gasteiger partial charge on any atom is 0.0716 e. The Morgan fingerprint density at radius 1 is 1.53 bits per heavy atom. The average Bonchev–Trinajstić information content (AvgIpc) is 2.71. The first kappa shape index (κ1) is 11.1. The lowest BCUT2D eigenvalue weighted by Gasteiger charge is -2.15. The molecule has 1 fully saturated rings. The van der Waals surface area contributed by atoms with Crippen molar-refractivity contribution in [3.63, 3.8) is 0 Å². The van der Waals surface area contributed by atoms with E-state index in [9.17, 15) is 0 Å². The number of ether oxygens (including phenoxy) is 1. The average molecular weight is 270 g/mol. The molecule has 1 heterocycles. The zero-order valence-electron chi connectivity index (χ0n) is 8.92. The molecule has 1 aromatic carbocycles. The first-order valence-electron chi connectivity index (χ1n) is 5.32. The normalized spacial score (nSPS) is 20.8. The monoisotopic (exact) mass is 269 g/mol. The van der Waals surface area contributed by atoms with Crippen LogP contribution in [0.2, 0.25) is 0 Å². The molecule has 1 N–H and O–H groups in total. The number of rotatable bonds is 3. The fraction of sp³-hybridized carbons (Fsp3) is 0.500. The highest BCUT2D eigenvalue weighted by Crippen LogP contribution is 2.28. The van der Waals surface area contributed by atoms with Gasteiger partial charge < -0.3 is 10.1 Å². The van der Waals surface area contributed by atoms with Gasteiger partial charge in [0.2, 0.25) is 0 Å². The summed E-state index contributed by atoms with van der Waals surface area (Å²) in [7, 11) is 1.74. The van der Waals surface area contributed by atoms with E-state index in [4.69, 9.17) is 4.74 Å². The van der Waals surface area contributed by atoms with E-state index in [1.54, 1.807) is 7.11 Å². The molecule has 2 rings (SSSR count). The second-order valence-corrected chi connectivity index (χ2v) is 4.84. The van der Waals surface area contributed by atoms with Gasteiger partial charge in [0.05, 0.1) is 6.61 Å². The van der Waals surface area contributed by atoms with E-state index >= 15 is 0 Å². The summed E-state index contributed by atoms with van der Waals surface area (Å²) in [6.07, 6.45) is 2.51. The lowest BCUT2D eigenvalue weighted by molar-refractivity contribution is 0.183. The zero-order valence-corrected chi connectivity index (χ0v) is 10.5. The molecule has 0 aliphatic carbocycles. The van der Waals surface area contributed by atoms with Gasteiger partial charge in [0.25, 0.3) is 0 Å². The number of nitrogens with one attached hydrogen (secondary N) is 1. The summed E-state index contributed by atoms with van der Waals surface area (Å²) >= 11 is 3.50. The molecule has 1 saturated heterocycles. The van der Waals surface area contributed by atoms with E-state index in [1.165, 1.54) is 24.0 Å². The van der Waals surface area contributed by atoms with Crippen LogP contribution >= 0.6 is 15.9 Å². The zero-order chi connectivity index (χ0) is 10.7. The van der Waals surface area contributed by atoms with Crippen LogP contribution in [0.15, 0.2) is 22.7 Å². The highest BCUT2D eigenvalue weighted by atomic mass is 79.9. The lowest BCUT2D eigenvalue weighted by atomic mass is 10.00. The molecular formula is C12H16BrNO. The summed E-state index contributed by atoms with van der Waals surface area (Å²) in [5, 5.41) is 3.52. The topological polar surface area (TPSA) is 21.3 Å². The van der Waals surface area contributed by atoms with E-state index in [0.29, 0.717) is 12.6 Å². The summed E-state index contributed by atoms with van der Waals surface area (Å²) in [5.41, 5.74) is 2.67. The number of benzene rings is 1. The third-order valence-electron chi connectivity index (χ3n) is 2.84. The third-order valence-corrected chi connectivity index (χ3v) is 3.33. The molecule has 1 atom stereocenters. The van der Waals surface area contributed by atoms with Crippen LogP contribution in [-0.4, -0.2) is 13.7 Å². The molecule has 0 radical (unpaired) electrons. The fourth-order valence-corrected chi connectivity index (χ4v) is 2.55. The molecule has 1 aliphatic heterocycles. The molecule has 82 valence electrons. The van der Waals surface area contributed by atoms with E-state index in [1.807, 2.05) is 0 Å². The van der Waals surface area contributed by atoms with Crippen molar-refractivity contribution in [2.45, 2.75) is 25.5 Å². The number of hydrogen-bond donors (Lipinski definition) is 1. The van der Waals surface area contributed by atoms with Crippen LogP contribution in [0.25, 0.3) is 0 Å². The van der Waals surface area contributed by atoms with Gasteiger partial charge in [-0.15, -0.1) is 0 Å². The molecule has 0 bridgehead atoms. The van der Waals surface area contributed by atoms with Gasteiger partial charge in [-0.3, -0.25) is 0 Å². The van der Waals surface area contributed by atoms with E-state index in [-0.39, 0.29) is 0 Å². The fourth-order valence-electron chi connectivity index (χ4n) is 2.14. The Morgan fingerprint density at radius 3 is 3.07 bits per heavy atom. The van der Waals surface area contributed by atoms with Gasteiger partial charge in [-0.2, -0.15) is 0 Å². The highest BCUT2D eigenvalue weighted by molar-refractivity contribution is 9.10. The molecule has 0 saturated carbocycles. The Kier molecular flexibility index (Phi) is 3.78. The molecule has 15 heavy (non-hydrogen) atoms. The van der Waals surface area contributed by atoms with Crippen molar-refractivity contribution in [2.24, 2.45) is 0 Å². The Labute approximate surface area is 99.1 Å². The van der Waals surface area contributed by atoms with Crippen molar-refractivity contribution in [2.75, 3.05) is 13.7 Å². The quantitative estimate of drug-likeness (QED) is 0.911. The van der Waals surface area contributed by atoms with E-state index in [0.717, 1.165) is 11.0 Å². The van der Waals surface area contributed by atoms with Crippen molar-refractivity contribution in [1.82, 2.24) is 5.32 Å². The molecule has 2 nitrogen and oxygen atoms in total. The first-order valence-corrected chi connectivity index (χ1v) is 6.11. The van der Waals surface area contributed by atoms with Crippen molar-refractivity contribution in [3.8, 4) is 0 Å². The van der Waals surface area contributed by atoms with Crippen molar-refractivity contribution < 1.29 is 4.74 Å². The number of methoxy groups -OCH3 is 1. The van der Waals surface area contributed by atoms with Gasteiger partial charge in [0.1, 0.15) is 0 Å². The Morgan fingerprint density at radius 2 is 2.40 bits per heavy atom. The van der Waals surface area contributed by atoms with Gasteiger partial charge in [-0.05, 0) is 42.6 Å². The smallest absolute Gasteiger partial charge is 0.0716 e. The van der Waals surface area contributed by atoms with E-state index in [2.05, 4.69) is 39.4 Å². The van der Waals surface area contributed by atoms with Gasteiger partial charge in [0, 0.05) is 17.6 Å². The Bertz CT molecular complexity index is 334. The van der Waals surface area contributed by atoms with Crippen molar-refractivity contribution in [1.29, 1.82) is 0 Å². The SMILES string of the molecule is COCc1cc(Br)ccc1C1CCCN1. The van der Waals surface area contributed by atoms with Crippen LogP contribution in [0.4, 0.5) is 0 Å². The predicted octanol–water partition coefficient (Wildman–Crippen LogP) is 3.02. The van der Waals surface area contributed by atoms with Gasteiger partial charge in [0.15, 0.2) is 0 Å². The van der Waals surface area contributed by atoms with Crippen LogP contribution < -0.4 is 5.32 Å². The first-order chi connectivity index (χ1) is 7.31. The van der Waals surface area contributed by atoms with Crippen molar-refractivity contribution >= 4 is 15.9 Å². The summed E-state index contributed by atoms with van der Waals surface area (Å²) in [4.78, 5) is 0. The lowest BCUT2D eigenvalue weighted by Crippen LogP contribution is -2.14. The molecule has 0 amide bonds. The van der Waals surface area contributed by atoms with Gasteiger partial charge in [-0.25, -0.2) is 0 Å².